The fraction of sp³-hybridized carbons (Fsp3) is 0.429. The Morgan fingerprint density at radius 3 is 1.82 bits per heavy atom. The van der Waals surface area contributed by atoms with Gasteiger partial charge >= 0.3 is 6.11 Å². The maximum Gasteiger partial charge on any atom is 0.432 e. The number of rotatable bonds is 4. The Morgan fingerprint density at radius 2 is 1.32 bits per heavy atom. The highest BCUT2D eigenvalue weighted by Crippen LogP contribution is 2.40. The van der Waals surface area contributed by atoms with Crippen molar-refractivity contribution in [2.45, 2.75) is 51.6 Å². The van der Waals surface area contributed by atoms with Crippen LogP contribution in [-0.2, 0) is 6.11 Å². The molecule has 0 amide bonds. The molecule has 1 nitrogen and oxygen atoms in total. The lowest BCUT2D eigenvalue weighted by Gasteiger charge is -2.27. The van der Waals surface area contributed by atoms with E-state index < -0.39 is 40.7 Å². The Bertz CT molecular complexity index is 825. The van der Waals surface area contributed by atoms with Crippen LogP contribution in [0.1, 0.15) is 55.2 Å². The lowest BCUT2D eigenvalue weighted by atomic mass is 9.79. The molecule has 0 aliphatic heterocycles. The summed E-state index contributed by atoms with van der Waals surface area (Å²) in [5.74, 6) is -5.72. The minimum absolute atomic E-state index is 0.109. The van der Waals surface area contributed by atoms with Crippen LogP contribution in [0.25, 0.3) is 0 Å². The molecule has 0 unspecified atom stereocenters. The van der Waals surface area contributed by atoms with Gasteiger partial charge in [0.1, 0.15) is 34.6 Å². The van der Waals surface area contributed by atoms with Gasteiger partial charge in [0, 0.05) is 17.7 Å². The zero-order valence-corrected chi connectivity index (χ0v) is 15.5. The number of halogens is 6. The number of hydrogen-bond donors (Lipinski definition) is 0. The third-order valence-electron chi connectivity index (χ3n) is 5.20. The van der Waals surface area contributed by atoms with Gasteiger partial charge < -0.3 is 4.74 Å². The topological polar surface area (TPSA) is 9.23 Å². The van der Waals surface area contributed by atoms with Crippen molar-refractivity contribution in [2.75, 3.05) is 0 Å². The smallest absolute Gasteiger partial charge is 0.429 e. The number of benzene rings is 2. The van der Waals surface area contributed by atoms with E-state index in [1.165, 1.54) is 6.92 Å². The van der Waals surface area contributed by atoms with E-state index in [9.17, 15) is 26.3 Å². The van der Waals surface area contributed by atoms with Crippen LogP contribution < -0.4 is 4.74 Å². The maximum atomic E-state index is 14.5. The molecule has 28 heavy (non-hydrogen) atoms. The second kappa shape index (κ2) is 7.68. The molecule has 1 aliphatic rings. The molecule has 0 bridgehead atoms. The van der Waals surface area contributed by atoms with Crippen LogP contribution >= 0.6 is 0 Å². The molecular weight excluding hydrogens is 382 g/mol. The Hall–Kier alpha value is -2.18. The van der Waals surface area contributed by atoms with Gasteiger partial charge in [-0.05, 0) is 49.3 Å². The standard InChI is InChI=1S/C21H20F6O/c1-11-3-5-13(6-4-11)19-15(22)9-14(10-16(19)23)28-21(26,27)20-17(24)7-12(2)8-18(20)25/h7-11,13H,3-6H2,1-2H3. The van der Waals surface area contributed by atoms with Crippen molar-refractivity contribution >= 4 is 0 Å². The minimum Gasteiger partial charge on any atom is -0.429 e. The van der Waals surface area contributed by atoms with Crippen molar-refractivity contribution in [3.8, 4) is 5.75 Å². The van der Waals surface area contributed by atoms with Gasteiger partial charge in [0.2, 0.25) is 0 Å². The highest BCUT2D eigenvalue weighted by atomic mass is 19.3. The fourth-order valence-electron chi connectivity index (χ4n) is 3.74. The third-order valence-corrected chi connectivity index (χ3v) is 5.20. The van der Waals surface area contributed by atoms with Crippen LogP contribution in [0.2, 0.25) is 0 Å². The molecule has 0 heterocycles. The van der Waals surface area contributed by atoms with Gasteiger partial charge in [0.15, 0.2) is 0 Å². The first kappa shape index (κ1) is 20.6. The van der Waals surface area contributed by atoms with Crippen molar-refractivity contribution in [3.05, 3.63) is 64.2 Å². The monoisotopic (exact) mass is 402 g/mol. The van der Waals surface area contributed by atoms with Crippen LogP contribution in [0.3, 0.4) is 0 Å². The van der Waals surface area contributed by atoms with Crippen LogP contribution in [-0.4, -0.2) is 0 Å². The van der Waals surface area contributed by atoms with E-state index in [0.29, 0.717) is 30.9 Å². The normalized spacial score (nSPS) is 20.3. The largest absolute Gasteiger partial charge is 0.432 e. The number of aryl methyl sites for hydroxylation is 1. The van der Waals surface area contributed by atoms with Crippen molar-refractivity contribution < 1.29 is 31.1 Å². The summed E-state index contributed by atoms with van der Waals surface area (Å²) in [5.41, 5.74) is -1.66. The van der Waals surface area contributed by atoms with E-state index in [1.54, 1.807) is 0 Å². The predicted octanol–water partition coefficient (Wildman–Crippen LogP) is 6.97. The second-order valence-electron chi connectivity index (χ2n) is 7.48. The first-order chi connectivity index (χ1) is 13.1. The molecule has 0 N–H and O–H groups in total. The zero-order valence-electron chi connectivity index (χ0n) is 15.5. The molecule has 0 radical (unpaired) electrons. The van der Waals surface area contributed by atoms with Crippen molar-refractivity contribution in [2.24, 2.45) is 5.92 Å². The Kier molecular flexibility index (Phi) is 5.64. The first-order valence-electron chi connectivity index (χ1n) is 9.10. The molecule has 2 aromatic carbocycles. The molecule has 152 valence electrons. The lowest BCUT2D eigenvalue weighted by Crippen LogP contribution is -2.25. The van der Waals surface area contributed by atoms with E-state index in [0.717, 1.165) is 25.0 Å². The van der Waals surface area contributed by atoms with Crippen LogP contribution in [0, 0.1) is 36.1 Å². The number of hydrogen-bond acceptors (Lipinski definition) is 1. The summed E-state index contributed by atoms with van der Waals surface area (Å²) in [4.78, 5) is 0. The van der Waals surface area contributed by atoms with Gasteiger partial charge in [-0.2, -0.15) is 8.78 Å². The van der Waals surface area contributed by atoms with Gasteiger partial charge in [-0.3, -0.25) is 0 Å². The van der Waals surface area contributed by atoms with E-state index in [4.69, 9.17) is 0 Å². The minimum atomic E-state index is -4.44. The summed E-state index contributed by atoms with van der Waals surface area (Å²) < 4.78 is 89.6. The number of ether oxygens (including phenoxy) is 1. The van der Waals surface area contributed by atoms with E-state index in [1.807, 2.05) is 0 Å². The maximum absolute atomic E-state index is 14.5. The molecule has 0 saturated heterocycles. The second-order valence-corrected chi connectivity index (χ2v) is 7.48. The molecule has 2 aromatic rings. The van der Waals surface area contributed by atoms with Crippen LogP contribution in [0.15, 0.2) is 24.3 Å². The zero-order chi connectivity index (χ0) is 20.6. The van der Waals surface area contributed by atoms with Gasteiger partial charge in [0.05, 0.1) is 0 Å². The molecule has 1 aliphatic carbocycles. The molecule has 0 aromatic heterocycles. The Morgan fingerprint density at radius 1 is 0.821 bits per heavy atom. The molecule has 0 atom stereocenters. The Balaban J connectivity index is 1.89. The van der Waals surface area contributed by atoms with Gasteiger partial charge in [-0.25, -0.2) is 17.6 Å². The van der Waals surface area contributed by atoms with Gasteiger partial charge in [0.25, 0.3) is 0 Å². The lowest BCUT2D eigenvalue weighted by molar-refractivity contribution is -0.189. The summed E-state index contributed by atoms with van der Waals surface area (Å²) in [6.07, 6.45) is -1.59. The highest BCUT2D eigenvalue weighted by molar-refractivity contribution is 5.35. The van der Waals surface area contributed by atoms with Crippen molar-refractivity contribution in [3.63, 3.8) is 0 Å². The van der Waals surface area contributed by atoms with Crippen LogP contribution in [0.5, 0.6) is 5.75 Å². The summed E-state index contributed by atoms with van der Waals surface area (Å²) >= 11 is 0. The van der Waals surface area contributed by atoms with Gasteiger partial charge in [-0.1, -0.05) is 19.8 Å². The van der Waals surface area contributed by atoms with Crippen LogP contribution in [0.4, 0.5) is 26.3 Å². The molecule has 3 rings (SSSR count). The molecule has 7 heteroatoms. The molecule has 0 spiro atoms. The summed E-state index contributed by atoms with van der Waals surface area (Å²) in [7, 11) is 0. The molecular formula is C21H20F6O. The molecule has 1 saturated carbocycles. The van der Waals surface area contributed by atoms with Crippen molar-refractivity contribution in [1.82, 2.24) is 0 Å². The average molecular weight is 402 g/mol. The summed E-state index contributed by atoms with van der Waals surface area (Å²) in [6, 6.07) is 2.72. The predicted molar refractivity (Wildman–Crippen MR) is 92.3 cm³/mol. The SMILES string of the molecule is Cc1cc(F)c(C(F)(F)Oc2cc(F)c(C3CCC(C)CC3)c(F)c2)c(F)c1. The first-order valence-corrected chi connectivity index (χ1v) is 9.10. The number of alkyl halides is 2. The average Bonchev–Trinajstić information content (AvgIpc) is 2.54. The quantitative estimate of drug-likeness (QED) is 0.502. The fourth-order valence-corrected chi connectivity index (χ4v) is 3.74. The van der Waals surface area contributed by atoms with E-state index in [-0.39, 0.29) is 17.0 Å². The van der Waals surface area contributed by atoms with E-state index in [2.05, 4.69) is 11.7 Å². The third kappa shape index (κ3) is 4.13. The summed E-state index contributed by atoms with van der Waals surface area (Å²) in [5, 5.41) is 0. The summed E-state index contributed by atoms with van der Waals surface area (Å²) in [6.45, 7) is 3.40. The van der Waals surface area contributed by atoms with Crippen molar-refractivity contribution in [1.29, 1.82) is 0 Å². The highest BCUT2D eigenvalue weighted by Gasteiger charge is 2.41. The van der Waals surface area contributed by atoms with E-state index >= 15 is 0 Å². The molecule has 1 fully saturated rings. The Labute approximate surface area is 159 Å². The van der Waals surface area contributed by atoms with Gasteiger partial charge in [-0.15, -0.1) is 0 Å².